The maximum absolute atomic E-state index is 12.5. The molecule has 0 aliphatic heterocycles. The molecule has 0 saturated heterocycles. The monoisotopic (exact) mass is 179 g/mol. The highest BCUT2D eigenvalue weighted by atomic mass is 19.3. The van der Waals surface area contributed by atoms with Gasteiger partial charge in [0.25, 0.3) is 6.43 Å². The Hall–Kier alpha value is -0.180. The van der Waals surface area contributed by atoms with Gasteiger partial charge in [0.1, 0.15) is 0 Å². The summed E-state index contributed by atoms with van der Waals surface area (Å²) in [5, 5.41) is 0. The minimum atomic E-state index is -2.25. The molecule has 0 spiro atoms. The Morgan fingerprint density at radius 3 is 1.50 bits per heavy atom. The Bertz CT molecular complexity index is 116. The summed E-state index contributed by atoms with van der Waals surface area (Å²) in [5.74, 6) is -0.00241. The fourth-order valence-electron chi connectivity index (χ4n) is 1.28. The Labute approximate surface area is 73.7 Å². The molecule has 3 heteroatoms. The fourth-order valence-corrected chi connectivity index (χ4v) is 1.28. The van der Waals surface area contributed by atoms with Crippen molar-refractivity contribution in [2.24, 2.45) is 5.92 Å². The Morgan fingerprint density at radius 1 is 1.00 bits per heavy atom. The molecule has 0 aromatic carbocycles. The van der Waals surface area contributed by atoms with Crippen molar-refractivity contribution in [2.75, 3.05) is 7.05 Å². The molecule has 0 aromatic rings. The molecular formula is C9H19F2N. The van der Waals surface area contributed by atoms with Gasteiger partial charge >= 0.3 is 0 Å². The van der Waals surface area contributed by atoms with E-state index in [1.807, 2.05) is 27.7 Å². The predicted molar refractivity (Wildman–Crippen MR) is 47.5 cm³/mol. The van der Waals surface area contributed by atoms with Gasteiger partial charge in [-0.2, -0.15) is 0 Å². The van der Waals surface area contributed by atoms with Crippen molar-refractivity contribution in [1.29, 1.82) is 0 Å². The molecule has 1 nitrogen and oxygen atoms in total. The van der Waals surface area contributed by atoms with Crippen LogP contribution in [0.25, 0.3) is 0 Å². The van der Waals surface area contributed by atoms with Gasteiger partial charge in [0.05, 0.1) is 6.04 Å². The Kier molecular flexibility index (Phi) is 4.68. The highest BCUT2D eigenvalue weighted by Crippen LogP contribution is 2.18. The van der Waals surface area contributed by atoms with Crippen molar-refractivity contribution >= 4 is 0 Å². The van der Waals surface area contributed by atoms with Gasteiger partial charge in [-0.15, -0.1) is 0 Å². The van der Waals surface area contributed by atoms with Crippen LogP contribution in [0.1, 0.15) is 27.7 Å². The van der Waals surface area contributed by atoms with E-state index in [9.17, 15) is 8.78 Å². The van der Waals surface area contributed by atoms with Crippen LogP contribution < -0.4 is 0 Å². The highest BCUT2D eigenvalue weighted by molar-refractivity contribution is 4.76. The summed E-state index contributed by atoms with van der Waals surface area (Å²) in [6.45, 7) is 7.51. The van der Waals surface area contributed by atoms with Crippen molar-refractivity contribution in [3.05, 3.63) is 0 Å². The van der Waals surface area contributed by atoms with Crippen molar-refractivity contribution in [2.45, 2.75) is 46.2 Å². The second kappa shape index (κ2) is 4.75. The van der Waals surface area contributed by atoms with E-state index in [0.717, 1.165) is 0 Å². The first-order chi connectivity index (χ1) is 5.37. The molecule has 74 valence electrons. The molecule has 0 N–H and O–H groups in total. The second-order valence-corrected chi connectivity index (χ2v) is 3.83. The lowest BCUT2D eigenvalue weighted by molar-refractivity contribution is 0.000523. The van der Waals surface area contributed by atoms with E-state index in [2.05, 4.69) is 0 Å². The second-order valence-electron chi connectivity index (χ2n) is 3.83. The van der Waals surface area contributed by atoms with Gasteiger partial charge in [-0.25, -0.2) is 8.78 Å². The van der Waals surface area contributed by atoms with Crippen LogP contribution in [0.3, 0.4) is 0 Å². The van der Waals surface area contributed by atoms with Crippen LogP contribution in [-0.2, 0) is 0 Å². The lowest BCUT2D eigenvalue weighted by Crippen LogP contribution is -2.45. The van der Waals surface area contributed by atoms with Crippen LogP contribution in [0.4, 0.5) is 8.78 Å². The smallest absolute Gasteiger partial charge is 0.254 e. The Morgan fingerprint density at radius 2 is 1.42 bits per heavy atom. The van der Waals surface area contributed by atoms with Gasteiger partial charge in [-0.1, -0.05) is 13.8 Å². The minimum absolute atomic E-state index is 0.00241. The molecule has 0 saturated carbocycles. The number of nitrogens with zero attached hydrogens (tertiary/aromatic N) is 1. The first kappa shape index (κ1) is 11.8. The fraction of sp³-hybridized carbons (Fsp3) is 1.00. The van der Waals surface area contributed by atoms with Gasteiger partial charge in [-0.3, -0.25) is 4.90 Å². The summed E-state index contributed by atoms with van der Waals surface area (Å²) >= 11 is 0. The Balaban J connectivity index is 4.30. The number of halogens is 2. The third-order valence-electron chi connectivity index (χ3n) is 2.23. The molecule has 0 fully saturated rings. The van der Waals surface area contributed by atoms with E-state index in [-0.39, 0.29) is 12.0 Å². The molecule has 0 radical (unpaired) electrons. The summed E-state index contributed by atoms with van der Waals surface area (Å²) in [5.41, 5.74) is 0. The molecule has 0 amide bonds. The quantitative estimate of drug-likeness (QED) is 0.641. The zero-order valence-corrected chi connectivity index (χ0v) is 8.51. The molecule has 0 bridgehead atoms. The van der Waals surface area contributed by atoms with Gasteiger partial charge in [0.2, 0.25) is 0 Å². The third-order valence-corrected chi connectivity index (χ3v) is 2.23. The average molecular weight is 179 g/mol. The molecule has 0 aromatic heterocycles. The van der Waals surface area contributed by atoms with Crippen LogP contribution in [0.5, 0.6) is 0 Å². The molecular weight excluding hydrogens is 160 g/mol. The van der Waals surface area contributed by atoms with E-state index in [1.54, 1.807) is 11.9 Å². The number of rotatable bonds is 4. The topological polar surface area (TPSA) is 3.24 Å². The van der Waals surface area contributed by atoms with E-state index in [0.29, 0.717) is 0 Å². The maximum atomic E-state index is 12.5. The van der Waals surface area contributed by atoms with Crippen molar-refractivity contribution < 1.29 is 8.78 Å². The molecule has 12 heavy (non-hydrogen) atoms. The standard InChI is InChI=1S/C9H19F2N/c1-6(2)8(9(10)11)12(5)7(3)4/h6-9H,1-5H3. The molecule has 0 rings (SSSR count). The van der Waals surface area contributed by atoms with Crippen molar-refractivity contribution in [1.82, 2.24) is 4.90 Å². The molecule has 1 unspecified atom stereocenters. The zero-order valence-electron chi connectivity index (χ0n) is 8.51. The number of hydrogen-bond acceptors (Lipinski definition) is 1. The van der Waals surface area contributed by atoms with Crippen LogP contribution in [0.2, 0.25) is 0 Å². The number of alkyl halides is 2. The van der Waals surface area contributed by atoms with Crippen molar-refractivity contribution in [3.8, 4) is 0 Å². The molecule has 0 aliphatic carbocycles. The SMILES string of the molecule is CC(C)C(C(F)F)N(C)C(C)C. The van der Waals surface area contributed by atoms with E-state index >= 15 is 0 Å². The minimum Gasteiger partial charge on any atom is -0.295 e. The van der Waals surface area contributed by atoms with E-state index in [1.165, 1.54) is 0 Å². The first-order valence-corrected chi connectivity index (χ1v) is 4.38. The van der Waals surface area contributed by atoms with Crippen LogP contribution in [0, 0.1) is 5.92 Å². The lowest BCUT2D eigenvalue weighted by atomic mass is 10.0. The van der Waals surface area contributed by atoms with Gasteiger partial charge in [0.15, 0.2) is 0 Å². The third kappa shape index (κ3) is 3.05. The van der Waals surface area contributed by atoms with Gasteiger partial charge in [0, 0.05) is 6.04 Å². The summed E-state index contributed by atoms with van der Waals surface area (Å²) < 4.78 is 25.0. The average Bonchev–Trinajstić information content (AvgIpc) is 1.85. The normalized spacial score (nSPS) is 15.2. The van der Waals surface area contributed by atoms with Gasteiger partial charge < -0.3 is 0 Å². The largest absolute Gasteiger partial charge is 0.295 e. The van der Waals surface area contributed by atoms with Crippen LogP contribution in [0.15, 0.2) is 0 Å². The maximum Gasteiger partial charge on any atom is 0.254 e. The molecule has 0 aliphatic rings. The van der Waals surface area contributed by atoms with Gasteiger partial charge in [-0.05, 0) is 26.8 Å². The van der Waals surface area contributed by atoms with Crippen LogP contribution in [-0.4, -0.2) is 30.5 Å². The summed E-state index contributed by atoms with van der Waals surface area (Å²) in [4.78, 5) is 1.73. The van der Waals surface area contributed by atoms with Crippen molar-refractivity contribution in [3.63, 3.8) is 0 Å². The first-order valence-electron chi connectivity index (χ1n) is 4.38. The highest BCUT2D eigenvalue weighted by Gasteiger charge is 2.29. The molecule has 1 atom stereocenters. The van der Waals surface area contributed by atoms with E-state index < -0.39 is 12.5 Å². The summed E-state index contributed by atoms with van der Waals surface area (Å²) in [6.07, 6.45) is -2.25. The number of hydrogen-bond donors (Lipinski definition) is 0. The van der Waals surface area contributed by atoms with Crippen LogP contribution >= 0.6 is 0 Å². The summed E-state index contributed by atoms with van der Waals surface area (Å²) in [6, 6.07) is -0.448. The zero-order chi connectivity index (χ0) is 9.89. The molecule has 0 heterocycles. The summed E-state index contributed by atoms with van der Waals surface area (Å²) in [7, 11) is 1.75. The predicted octanol–water partition coefficient (Wildman–Crippen LogP) is 2.62. The lowest BCUT2D eigenvalue weighted by Gasteiger charge is -2.33. The van der Waals surface area contributed by atoms with E-state index in [4.69, 9.17) is 0 Å².